The van der Waals surface area contributed by atoms with Crippen molar-refractivity contribution in [2.45, 2.75) is 32.1 Å². The number of ether oxygens (including phenoxy) is 1. The highest BCUT2D eigenvalue weighted by Crippen LogP contribution is 2.36. The number of benzene rings is 1. The molecule has 0 N–H and O–H groups in total. The molecule has 8 heteroatoms. The molecule has 0 spiro atoms. The van der Waals surface area contributed by atoms with Gasteiger partial charge in [-0.3, -0.25) is 14.9 Å². The van der Waals surface area contributed by atoms with Gasteiger partial charge in [-0.15, -0.1) is 0 Å². The van der Waals surface area contributed by atoms with Gasteiger partial charge in [0.1, 0.15) is 0 Å². The van der Waals surface area contributed by atoms with Crippen LogP contribution in [-0.2, 0) is 9.53 Å². The van der Waals surface area contributed by atoms with Crippen LogP contribution in [0.3, 0.4) is 0 Å². The number of esters is 1. The number of piperidine rings is 1. The number of nitro benzene ring substituents is 1. The number of carbonyl (C=O) groups is 2. The molecule has 1 aliphatic heterocycles. The Hall–Kier alpha value is -2.15. The Bertz CT molecular complexity index is 724. The Kier molecular flexibility index (Phi) is 5.76. The van der Waals surface area contributed by atoms with E-state index in [4.69, 9.17) is 16.3 Å². The van der Waals surface area contributed by atoms with Gasteiger partial charge in [0.15, 0.2) is 6.61 Å². The standard InChI is InChI=1S/C18H21ClN2O5/c19-16-6-5-14(21(24)25)9-15(16)18(23)26-11-17(22)20-8-7-12-3-1-2-4-13(12)10-20/h5-6,9,12-13H,1-4,7-8,10-11H2/t12-,13+/m1/s1. The van der Waals surface area contributed by atoms with Gasteiger partial charge < -0.3 is 9.64 Å². The predicted octanol–water partition coefficient (Wildman–Crippen LogP) is 3.44. The third-order valence-electron chi connectivity index (χ3n) is 5.35. The number of fused-ring (bicyclic) bond motifs is 1. The maximum absolute atomic E-state index is 12.4. The van der Waals surface area contributed by atoms with Crippen molar-refractivity contribution in [1.82, 2.24) is 4.90 Å². The second-order valence-electron chi connectivity index (χ2n) is 6.93. The van der Waals surface area contributed by atoms with Crippen molar-refractivity contribution in [1.29, 1.82) is 0 Å². The zero-order valence-electron chi connectivity index (χ0n) is 14.4. The fourth-order valence-corrected chi connectivity index (χ4v) is 4.10. The number of carbonyl (C=O) groups excluding carboxylic acids is 2. The first kappa shape index (κ1) is 18.6. The number of amides is 1. The Labute approximate surface area is 156 Å². The van der Waals surface area contributed by atoms with Gasteiger partial charge in [-0.1, -0.05) is 30.9 Å². The second kappa shape index (κ2) is 8.03. The molecule has 2 fully saturated rings. The predicted molar refractivity (Wildman–Crippen MR) is 95.0 cm³/mol. The summed E-state index contributed by atoms with van der Waals surface area (Å²) in [5.74, 6) is 0.186. The van der Waals surface area contributed by atoms with Crippen molar-refractivity contribution < 1.29 is 19.2 Å². The fourth-order valence-electron chi connectivity index (χ4n) is 3.91. The molecular formula is C18H21ClN2O5. The Morgan fingerprint density at radius 2 is 1.96 bits per heavy atom. The molecule has 1 saturated heterocycles. The van der Waals surface area contributed by atoms with E-state index in [-0.39, 0.29) is 28.8 Å². The van der Waals surface area contributed by atoms with E-state index in [9.17, 15) is 19.7 Å². The van der Waals surface area contributed by atoms with Gasteiger partial charge in [0, 0.05) is 25.2 Å². The minimum Gasteiger partial charge on any atom is -0.452 e. The van der Waals surface area contributed by atoms with Gasteiger partial charge in [-0.25, -0.2) is 4.79 Å². The van der Waals surface area contributed by atoms with Gasteiger partial charge in [-0.05, 0) is 30.7 Å². The van der Waals surface area contributed by atoms with E-state index in [2.05, 4.69) is 0 Å². The molecular weight excluding hydrogens is 360 g/mol. The highest BCUT2D eigenvalue weighted by molar-refractivity contribution is 6.33. The summed E-state index contributed by atoms with van der Waals surface area (Å²) in [4.78, 5) is 36.5. The van der Waals surface area contributed by atoms with Crippen LogP contribution in [0.5, 0.6) is 0 Å². The fraction of sp³-hybridized carbons (Fsp3) is 0.556. The van der Waals surface area contributed by atoms with Crippen LogP contribution in [0.1, 0.15) is 42.5 Å². The van der Waals surface area contributed by atoms with Gasteiger partial charge in [0.25, 0.3) is 11.6 Å². The zero-order chi connectivity index (χ0) is 18.7. The lowest BCUT2D eigenvalue weighted by Crippen LogP contribution is -2.46. The van der Waals surface area contributed by atoms with Gasteiger partial charge in [0.2, 0.25) is 0 Å². The number of hydrogen-bond acceptors (Lipinski definition) is 5. The third-order valence-corrected chi connectivity index (χ3v) is 5.68. The molecule has 1 aromatic rings. The molecule has 7 nitrogen and oxygen atoms in total. The number of non-ortho nitro benzene ring substituents is 1. The molecule has 0 bridgehead atoms. The van der Waals surface area contributed by atoms with Crippen molar-refractivity contribution in [3.63, 3.8) is 0 Å². The molecule has 0 aromatic heterocycles. The summed E-state index contributed by atoms with van der Waals surface area (Å²) in [7, 11) is 0. The van der Waals surface area contributed by atoms with Crippen LogP contribution in [0.25, 0.3) is 0 Å². The van der Waals surface area contributed by atoms with E-state index in [1.54, 1.807) is 4.90 Å². The molecule has 26 heavy (non-hydrogen) atoms. The molecule has 2 atom stereocenters. The Morgan fingerprint density at radius 3 is 2.69 bits per heavy atom. The topological polar surface area (TPSA) is 89.8 Å². The number of halogens is 1. The highest BCUT2D eigenvalue weighted by Gasteiger charge is 2.33. The van der Waals surface area contributed by atoms with Crippen LogP contribution < -0.4 is 0 Å². The smallest absolute Gasteiger partial charge is 0.340 e. The summed E-state index contributed by atoms with van der Waals surface area (Å²) in [6, 6.07) is 3.53. The molecule has 1 aliphatic carbocycles. The molecule has 1 amide bonds. The first-order chi connectivity index (χ1) is 12.5. The van der Waals surface area contributed by atoms with Crippen LogP contribution in [0.2, 0.25) is 5.02 Å². The summed E-state index contributed by atoms with van der Waals surface area (Å²) in [5.41, 5.74) is -0.369. The summed E-state index contributed by atoms with van der Waals surface area (Å²) in [5, 5.41) is 10.9. The second-order valence-corrected chi connectivity index (χ2v) is 7.34. The van der Waals surface area contributed by atoms with Gasteiger partial charge in [0.05, 0.1) is 15.5 Å². The molecule has 2 aliphatic rings. The molecule has 1 aromatic carbocycles. The van der Waals surface area contributed by atoms with Crippen molar-refractivity contribution in [3.8, 4) is 0 Å². The molecule has 0 unspecified atom stereocenters. The highest BCUT2D eigenvalue weighted by atomic mass is 35.5. The van der Waals surface area contributed by atoms with E-state index in [1.807, 2.05) is 0 Å². The minimum absolute atomic E-state index is 0.0519. The van der Waals surface area contributed by atoms with Crippen LogP contribution >= 0.6 is 11.6 Å². The first-order valence-electron chi connectivity index (χ1n) is 8.84. The lowest BCUT2D eigenvalue weighted by atomic mass is 9.75. The van der Waals surface area contributed by atoms with E-state index in [0.717, 1.165) is 25.5 Å². The monoisotopic (exact) mass is 380 g/mol. The molecule has 3 rings (SSSR count). The van der Waals surface area contributed by atoms with E-state index in [0.29, 0.717) is 18.4 Å². The molecule has 1 saturated carbocycles. The number of rotatable bonds is 4. The van der Waals surface area contributed by atoms with Gasteiger partial charge in [-0.2, -0.15) is 0 Å². The average molecular weight is 381 g/mol. The third kappa shape index (κ3) is 4.15. The Morgan fingerprint density at radius 1 is 1.23 bits per heavy atom. The SMILES string of the molecule is O=C(OCC(=O)N1CC[C@H]2CCCC[C@H]2C1)c1cc([N+](=O)[O-])ccc1Cl. The zero-order valence-corrected chi connectivity index (χ0v) is 15.1. The number of nitro groups is 1. The van der Waals surface area contributed by atoms with Gasteiger partial charge >= 0.3 is 5.97 Å². The summed E-state index contributed by atoms with van der Waals surface area (Å²) in [6.07, 6.45) is 5.88. The van der Waals surface area contributed by atoms with Crippen molar-refractivity contribution in [2.75, 3.05) is 19.7 Å². The van der Waals surface area contributed by atoms with E-state index < -0.39 is 10.9 Å². The maximum atomic E-state index is 12.4. The van der Waals surface area contributed by atoms with Crippen molar-refractivity contribution >= 4 is 29.2 Å². The van der Waals surface area contributed by atoms with Crippen LogP contribution in [-0.4, -0.2) is 41.4 Å². The summed E-state index contributed by atoms with van der Waals surface area (Å²) < 4.78 is 5.06. The van der Waals surface area contributed by atoms with Crippen LogP contribution in [0.15, 0.2) is 18.2 Å². The maximum Gasteiger partial charge on any atom is 0.340 e. The van der Waals surface area contributed by atoms with E-state index in [1.165, 1.54) is 31.4 Å². The van der Waals surface area contributed by atoms with Crippen molar-refractivity contribution in [3.05, 3.63) is 38.9 Å². The molecule has 140 valence electrons. The number of likely N-dealkylation sites (tertiary alicyclic amines) is 1. The quantitative estimate of drug-likeness (QED) is 0.453. The van der Waals surface area contributed by atoms with Crippen LogP contribution in [0.4, 0.5) is 5.69 Å². The number of nitrogens with zero attached hydrogens (tertiary/aromatic N) is 2. The van der Waals surface area contributed by atoms with Crippen LogP contribution in [0, 0.1) is 22.0 Å². The Balaban J connectivity index is 1.57. The number of hydrogen-bond donors (Lipinski definition) is 0. The van der Waals surface area contributed by atoms with Crippen molar-refractivity contribution in [2.24, 2.45) is 11.8 Å². The lowest BCUT2D eigenvalue weighted by Gasteiger charge is -2.41. The lowest BCUT2D eigenvalue weighted by molar-refractivity contribution is -0.384. The largest absolute Gasteiger partial charge is 0.452 e. The first-order valence-corrected chi connectivity index (χ1v) is 9.22. The van der Waals surface area contributed by atoms with E-state index >= 15 is 0 Å². The normalized spacial score (nSPS) is 22.4. The average Bonchev–Trinajstić information content (AvgIpc) is 2.65. The molecule has 0 radical (unpaired) electrons. The minimum atomic E-state index is -0.834. The molecule has 1 heterocycles. The summed E-state index contributed by atoms with van der Waals surface area (Å²) in [6.45, 7) is 1.03. The summed E-state index contributed by atoms with van der Waals surface area (Å²) >= 11 is 5.92.